The Morgan fingerprint density at radius 2 is 1.96 bits per heavy atom. The molecule has 1 aliphatic carbocycles. The number of aryl methyl sites for hydroxylation is 1. The van der Waals surface area contributed by atoms with Gasteiger partial charge in [0.25, 0.3) is 0 Å². The highest BCUT2D eigenvalue weighted by atomic mass is 16.6. The Labute approximate surface area is 152 Å². The van der Waals surface area contributed by atoms with Gasteiger partial charge in [0, 0.05) is 25.2 Å². The lowest BCUT2D eigenvalue weighted by Gasteiger charge is -2.34. The average Bonchev–Trinajstić information content (AvgIpc) is 2.81. The van der Waals surface area contributed by atoms with Crippen molar-refractivity contribution in [2.45, 2.75) is 52.2 Å². The predicted octanol–water partition coefficient (Wildman–Crippen LogP) is 1.84. The van der Waals surface area contributed by atoms with Gasteiger partial charge >= 0.3 is 12.1 Å². The fraction of sp³-hybridized carbons (Fsp3) is 0.647. The van der Waals surface area contributed by atoms with Gasteiger partial charge < -0.3 is 24.7 Å². The number of carbonyl (C=O) groups excluding carboxylic acids is 3. The molecule has 26 heavy (non-hydrogen) atoms. The van der Waals surface area contributed by atoms with Gasteiger partial charge in [-0.1, -0.05) is 0 Å². The molecule has 1 aromatic heterocycles. The summed E-state index contributed by atoms with van der Waals surface area (Å²) < 4.78 is 11.6. The lowest BCUT2D eigenvalue weighted by Crippen LogP contribution is -2.49. The third-order valence-corrected chi connectivity index (χ3v) is 3.82. The number of esters is 1. The number of amides is 2. The van der Waals surface area contributed by atoms with E-state index in [0.717, 1.165) is 0 Å². The first-order valence-electron chi connectivity index (χ1n) is 8.60. The fourth-order valence-electron chi connectivity index (χ4n) is 2.56. The van der Waals surface area contributed by atoms with E-state index in [9.17, 15) is 14.4 Å². The second kappa shape index (κ2) is 7.76. The van der Waals surface area contributed by atoms with Crippen LogP contribution in [0.1, 0.15) is 51.2 Å². The summed E-state index contributed by atoms with van der Waals surface area (Å²) in [6.07, 6.45) is 2.13. The normalized spacial score (nSPS) is 19.3. The van der Waals surface area contributed by atoms with Crippen molar-refractivity contribution in [3.63, 3.8) is 0 Å². The van der Waals surface area contributed by atoms with Crippen molar-refractivity contribution >= 4 is 23.8 Å². The Balaban J connectivity index is 1.81. The molecule has 2 rings (SSSR count). The smallest absolute Gasteiger partial charge is 0.407 e. The largest absolute Gasteiger partial charge is 0.460 e. The van der Waals surface area contributed by atoms with Crippen LogP contribution < -0.4 is 10.6 Å². The van der Waals surface area contributed by atoms with Gasteiger partial charge in [0.1, 0.15) is 5.60 Å². The summed E-state index contributed by atoms with van der Waals surface area (Å²) in [5.41, 5.74) is -0.555. The zero-order valence-corrected chi connectivity index (χ0v) is 15.8. The van der Waals surface area contributed by atoms with E-state index in [4.69, 9.17) is 9.47 Å². The molecule has 0 aliphatic heterocycles. The lowest BCUT2D eigenvalue weighted by atomic mass is 9.79. The molecule has 0 aromatic carbocycles. The molecule has 0 saturated heterocycles. The van der Waals surface area contributed by atoms with Crippen LogP contribution in [0.4, 0.5) is 10.6 Å². The van der Waals surface area contributed by atoms with Crippen molar-refractivity contribution < 1.29 is 23.9 Å². The molecular weight excluding hydrogens is 340 g/mol. The summed E-state index contributed by atoms with van der Waals surface area (Å²) in [5, 5.41) is 5.43. The van der Waals surface area contributed by atoms with Crippen LogP contribution in [0, 0.1) is 5.92 Å². The number of nitrogens with zero attached hydrogens (tertiary/aromatic N) is 2. The van der Waals surface area contributed by atoms with E-state index in [2.05, 4.69) is 15.6 Å². The molecule has 9 heteroatoms. The zero-order chi connectivity index (χ0) is 19.5. The molecule has 0 radical (unpaired) electrons. The van der Waals surface area contributed by atoms with Gasteiger partial charge in [-0.25, -0.2) is 14.6 Å². The van der Waals surface area contributed by atoms with E-state index in [0.29, 0.717) is 18.7 Å². The van der Waals surface area contributed by atoms with E-state index in [-0.39, 0.29) is 30.3 Å². The number of rotatable bonds is 5. The van der Waals surface area contributed by atoms with Crippen LogP contribution in [-0.2, 0) is 21.3 Å². The number of imidazole rings is 1. The van der Waals surface area contributed by atoms with E-state index in [1.165, 1.54) is 4.57 Å². The molecule has 9 nitrogen and oxygen atoms in total. The molecule has 2 amide bonds. The number of anilines is 1. The van der Waals surface area contributed by atoms with Crippen molar-refractivity contribution in [2.75, 3.05) is 11.9 Å². The number of hydrogen-bond acceptors (Lipinski definition) is 6. The Morgan fingerprint density at radius 3 is 2.54 bits per heavy atom. The minimum absolute atomic E-state index is 0.0839. The van der Waals surface area contributed by atoms with Crippen molar-refractivity contribution in [3.05, 3.63) is 12.0 Å². The molecule has 2 N–H and O–H groups in total. The Morgan fingerprint density at radius 1 is 1.31 bits per heavy atom. The second-order valence-electron chi connectivity index (χ2n) is 7.28. The molecule has 0 spiro atoms. The zero-order valence-electron chi connectivity index (χ0n) is 15.8. The molecule has 0 atom stereocenters. The highest BCUT2D eigenvalue weighted by molar-refractivity contribution is 5.93. The molecule has 0 bridgehead atoms. The monoisotopic (exact) mass is 366 g/mol. The first kappa shape index (κ1) is 19.7. The first-order valence-corrected chi connectivity index (χ1v) is 8.60. The van der Waals surface area contributed by atoms with Crippen LogP contribution in [0.25, 0.3) is 0 Å². The second-order valence-corrected chi connectivity index (χ2v) is 7.28. The first-order chi connectivity index (χ1) is 12.1. The number of hydrogen-bond donors (Lipinski definition) is 2. The SMILES string of the molecule is CCOC(=O)c1nc(NC(=O)C2CC(NC(=O)OC(C)(C)C)C2)cn1C. The lowest BCUT2D eigenvalue weighted by molar-refractivity contribution is -0.123. The third-order valence-electron chi connectivity index (χ3n) is 3.82. The number of nitrogens with one attached hydrogen (secondary N) is 2. The quantitative estimate of drug-likeness (QED) is 0.769. The van der Waals surface area contributed by atoms with Crippen LogP contribution >= 0.6 is 0 Å². The van der Waals surface area contributed by atoms with Gasteiger partial charge in [0.05, 0.1) is 6.61 Å². The van der Waals surface area contributed by atoms with Crippen LogP contribution in [0.5, 0.6) is 0 Å². The van der Waals surface area contributed by atoms with Crippen LogP contribution in [0.15, 0.2) is 6.20 Å². The number of ether oxygens (including phenoxy) is 2. The summed E-state index contributed by atoms with van der Waals surface area (Å²) >= 11 is 0. The predicted molar refractivity (Wildman–Crippen MR) is 93.7 cm³/mol. The van der Waals surface area contributed by atoms with E-state index < -0.39 is 17.7 Å². The van der Waals surface area contributed by atoms with E-state index in [1.807, 2.05) is 0 Å². The van der Waals surface area contributed by atoms with Crippen molar-refractivity contribution in [2.24, 2.45) is 13.0 Å². The van der Waals surface area contributed by atoms with E-state index in [1.54, 1.807) is 40.9 Å². The highest BCUT2D eigenvalue weighted by Crippen LogP contribution is 2.29. The van der Waals surface area contributed by atoms with Crippen molar-refractivity contribution in [1.29, 1.82) is 0 Å². The minimum Gasteiger partial charge on any atom is -0.460 e. The van der Waals surface area contributed by atoms with Gasteiger partial charge in [-0.15, -0.1) is 0 Å². The summed E-state index contributed by atoms with van der Waals surface area (Å²) in [6.45, 7) is 7.34. The van der Waals surface area contributed by atoms with Gasteiger partial charge in [-0.2, -0.15) is 0 Å². The minimum atomic E-state index is -0.555. The molecular formula is C17H26N4O5. The molecule has 144 valence electrons. The third kappa shape index (κ3) is 5.21. The standard InChI is InChI=1S/C17H26N4O5/c1-6-25-15(23)13-19-12(9-21(13)5)20-14(22)10-7-11(8-10)18-16(24)26-17(2,3)4/h9-11H,6-8H2,1-5H3,(H,18,24)(H,20,22). The number of alkyl carbamates (subject to hydrolysis) is 1. The Kier molecular flexibility index (Phi) is 5.89. The van der Waals surface area contributed by atoms with Crippen LogP contribution in [0.3, 0.4) is 0 Å². The highest BCUT2D eigenvalue weighted by Gasteiger charge is 2.36. The van der Waals surface area contributed by atoms with Gasteiger partial charge in [0.15, 0.2) is 5.82 Å². The average molecular weight is 366 g/mol. The van der Waals surface area contributed by atoms with E-state index >= 15 is 0 Å². The molecule has 0 unspecified atom stereocenters. The molecule has 1 aromatic rings. The maximum atomic E-state index is 12.3. The summed E-state index contributed by atoms with van der Waals surface area (Å²) in [5.74, 6) is -0.533. The maximum Gasteiger partial charge on any atom is 0.407 e. The molecule has 1 fully saturated rings. The van der Waals surface area contributed by atoms with Crippen LogP contribution in [0.2, 0.25) is 0 Å². The molecule has 1 heterocycles. The topological polar surface area (TPSA) is 112 Å². The van der Waals surface area contributed by atoms with Crippen molar-refractivity contribution in [1.82, 2.24) is 14.9 Å². The van der Waals surface area contributed by atoms with Gasteiger partial charge in [-0.05, 0) is 40.5 Å². The number of aromatic nitrogens is 2. The Hall–Kier alpha value is -2.58. The summed E-state index contributed by atoms with van der Waals surface area (Å²) in [4.78, 5) is 39.8. The number of carbonyl (C=O) groups is 3. The summed E-state index contributed by atoms with van der Waals surface area (Å²) in [6, 6.07) is -0.0839. The Bertz CT molecular complexity index is 686. The van der Waals surface area contributed by atoms with Crippen LogP contribution in [-0.4, -0.2) is 45.8 Å². The van der Waals surface area contributed by atoms with Gasteiger partial charge in [-0.3, -0.25) is 4.79 Å². The molecule has 1 aliphatic rings. The fourth-order valence-corrected chi connectivity index (χ4v) is 2.56. The maximum absolute atomic E-state index is 12.3. The van der Waals surface area contributed by atoms with Crippen molar-refractivity contribution in [3.8, 4) is 0 Å². The summed E-state index contributed by atoms with van der Waals surface area (Å²) in [7, 11) is 1.65. The molecule has 1 saturated carbocycles. The van der Waals surface area contributed by atoms with Gasteiger partial charge in [0.2, 0.25) is 11.7 Å².